The molecule has 0 spiro atoms. The van der Waals surface area contributed by atoms with E-state index in [1.165, 1.54) is 55.3 Å². The van der Waals surface area contributed by atoms with Crippen molar-refractivity contribution in [3.05, 3.63) is 65.5 Å². The molecule has 9 heteroatoms. The summed E-state index contributed by atoms with van der Waals surface area (Å²) in [6.07, 6.45) is 3.95. The van der Waals surface area contributed by atoms with Gasteiger partial charge >= 0.3 is 5.97 Å². The molecule has 0 fully saturated rings. The molecule has 0 aliphatic rings. The number of esters is 1. The second-order valence-corrected chi connectivity index (χ2v) is 8.19. The van der Waals surface area contributed by atoms with Crippen molar-refractivity contribution in [1.29, 1.82) is 0 Å². The molecule has 0 radical (unpaired) electrons. The van der Waals surface area contributed by atoms with Crippen LogP contribution < -0.4 is 4.72 Å². The Hall–Kier alpha value is -3.22. The van der Waals surface area contributed by atoms with Gasteiger partial charge in [0.2, 0.25) is 10.0 Å². The van der Waals surface area contributed by atoms with E-state index in [-0.39, 0.29) is 23.5 Å². The van der Waals surface area contributed by atoms with Crippen molar-refractivity contribution in [3.8, 4) is 12.3 Å². The van der Waals surface area contributed by atoms with Gasteiger partial charge in [0, 0.05) is 13.6 Å². The monoisotopic (exact) mass is 432 g/mol. The van der Waals surface area contributed by atoms with Crippen LogP contribution in [0.25, 0.3) is 0 Å². The van der Waals surface area contributed by atoms with E-state index in [0.717, 1.165) is 0 Å². The third-order valence-electron chi connectivity index (χ3n) is 4.08. The van der Waals surface area contributed by atoms with Gasteiger partial charge in [-0.15, -0.1) is 6.42 Å². The SMILES string of the molecule is C#CCNS(=O)(=O)c1ccc(C(=O)OC(C)C(=O)N(C)Cc2cccc(F)c2)cc1. The predicted molar refractivity (Wildman–Crippen MR) is 108 cm³/mol. The summed E-state index contributed by atoms with van der Waals surface area (Å²) in [6.45, 7) is 1.41. The van der Waals surface area contributed by atoms with Gasteiger partial charge in [-0.2, -0.15) is 4.72 Å². The van der Waals surface area contributed by atoms with E-state index in [9.17, 15) is 22.4 Å². The quantitative estimate of drug-likeness (QED) is 0.508. The van der Waals surface area contributed by atoms with E-state index in [4.69, 9.17) is 11.2 Å². The zero-order valence-electron chi connectivity index (χ0n) is 16.5. The highest BCUT2D eigenvalue weighted by Gasteiger charge is 2.23. The number of hydrogen-bond acceptors (Lipinski definition) is 5. The molecule has 0 saturated carbocycles. The molecule has 0 aliphatic heterocycles. The van der Waals surface area contributed by atoms with Crippen molar-refractivity contribution in [2.75, 3.05) is 13.6 Å². The first-order chi connectivity index (χ1) is 14.1. The van der Waals surface area contributed by atoms with Crippen LogP contribution in [0.2, 0.25) is 0 Å². The standard InChI is InChI=1S/C21H21FN2O5S/c1-4-12-23-30(27,28)19-10-8-17(9-11-19)21(26)29-15(2)20(25)24(3)14-16-6-5-7-18(22)13-16/h1,5-11,13,15,23H,12,14H2,2-3H3. The van der Waals surface area contributed by atoms with E-state index in [1.807, 2.05) is 0 Å². The van der Waals surface area contributed by atoms with Gasteiger partial charge in [-0.25, -0.2) is 17.6 Å². The zero-order valence-corrected chi connectivity index (χ0v) is 17.3. The predicted octanol–water partition coefficient (Wildman–Crippen LogP) is 1.94. The summed E-state index contributed by atoms with van der Waals surface area (Å²) < 4.78 is 44.6. The molecule has 2 aromatic rings. The number of amides is 1. The highest BCUT2D eigenvalue weighted by atomic mass is 32.2. The molecule has 2 rings (SSSR count). The van der Waals surface area contributed by atoms with Crippen molar-refractivity contribution >= 4 is 21.9 Å². The van der Waals surface area contributed by atoms with Crippen molar-refractivity contribution < 1.29 is 27.1 Å². The molecule has 158 valence electrons. The minimum absolute atomic E-state index is 0.0618. The lowest BCUT2D eigenvalue weighted by atomic mass is 10.2. The van der Waals surface area contributed by atoms with Crippen LogP contribution in [0.3, 0.4) is 0 Å². The van der Waals surface area contributed by atoms with Crippen LogP contribution >= 0.6 is 0 Å². The molecule has 0 aromatic heterocycles. The number of terminal acetylenes is 1. The molecule has 0 bridgehead atoms. The molecule has 0 heterocycles. The molecular weight excluding hydrogens is 411 g/mol. The molecule has 1 unspecified atom stereocenters. The molecule has 2 aromatic carbocycles. The first-order valence-electron chi connectivity index (χ1n) is 8.87. The Balaban J connectivity index is 1.99. The lowest BCUT2D eigenvalue weighted by Gasteiger charge is -2.21. The molecule has 1 N–H and O–H groups in total. The van der Waals surface area contributed by atoms with Crippen LogP contribution in [0.1, 0.15) is 22.8 Å². The third-order valence-corrected chi connectivity index (χ3v) is 5.50. The van der Waals surface area contributed by atoms with Crippen LogP contribution in [0.5, 0.6) is 0 Å². The normalized spacial score (nSPS) is 11.9. The summed E-state index contributed by atoms with van der Waals surface area (Å²) in [5, 5.41) is 0. The number of nitrogens with zero attached hydrogens (tertiary/aromatic N) is 1. The minimum Gasteiger partial charge on any atom is -0.449 e. The molecule has 30 heavy (non-hydrogen) atoms. The fourth-order valence-corrected chi connectivity index (χ4v) is 3.50. The van der Waals surface area contributed by atoms with E-state index in [0.29, 0.717) is 5.56 Å². The summed E-state index contributed by atoms with van der Waals surface area (Å²) >= 11 is 0. The maximum Gasteiger partial charge on any atom is 0.338 e. The number of carbonyl (C=O) groups excluding carboxylic acids is 2. The first-order valence-corrected chi connectivity index (χ1v) is 10.4. The highest BCUT2D eigenvalue weighted by molar-refractivity contribution is 7.89. The second-order valence-electron chi connectivity index (χ2n) is 6.42. The molecular formula is C21H21FN2O5S. The first kappa shape index (κ1) is 23.1. The summed E-state index contributed by atoms with van der Waals surface area (Å²) in [5.41, 5.74) is 0.679. The Bertz CT molecular complexity index is 1060. The van der Waals surface area contributed by atoms with Crippen molar-refractivity contribution in [3.63, 3.8) is 0 Å². The Morgan fingerprint density at radius 1 is 1.23 bits per heavy atom. The number of carbonyl (C=O) groups is 2. The lowest BCUT2D eigenvalue weighted by molar-refractivity contribution is -0.139. The number of hydrogen-bond donors (Lipinski definition) is 1. The zero-order chi connectivity index (χ0) is 22.3. The summed E-state index contributed by atoms with van der Waals surface area (Å²) in [5.74, 6) is 0.505. The molecule has 7 nitrogen and oxygen atoms in total. The second kappa shape index (κ2) is 10.0. The van der Waals surface area contributed by atoms with Crippen molar-refractivity contribution in [1.82, 2.24) is 9.62 Å². The van der Waals surface area contributed by atoms with Crippen LogP contribution in [-0.4, -0.2) is 44.9 Å². The highest BCUT2D eigenvalue weighted by Crippen LogP contribution is 2.13. The summed E-state index contributed by atoms with van der Waals surface area (Å²) in [7, 11) is -2.26. The average Bonchev–Trinajstić information content (AvgIpc) is 2.71. The summed E-state index contributed by atoms with van der Waals surface area (Å²) in [6, 6.07) is 10.9. The summed E-state index contributed by atoms with van der Waals surface area (Å²) in [4.78, 5) is 26.0. The molecule has 0 saturated heterocycles. The molecule has 1 atom stereocenters. The maximum atomic E-state index is 13.3. The van der Waals surface area contributed by atoms with Gasteiger partial charge in [-0.1, -0.05) is 18.1 Å². The fourth-order valence-electron chi connectivity index (χ4n) is 2.57. The minimum atomic E-state index is -3.78. The Morgan fingerprint density at radius 3 is 2.50 bits per heavy atom. The number of sulfonamides is 1. The Kier molecular flexibility index (Phi) is 7.69. The van der Waals surface area contributed by atoms with E-state index < -0.39 is 33.8 Å². The van der Waals surface area contributed by atoms with Gasteiger partial charge in [-0.3, -0.25) is 4.79 Å². The van der Waals surface area contributed by atoms with Crippen LogP contribution in [-0.2, 0) is 26.1 Å². The third kappa shape index (κ3) is 6.14. The van der Waals surface area contributed by atoms with Gasteiger partial charge < -0.3 is 9.64 Å². The number of benzene rings is 2. The molecule has 1 amide bonds. The van der Waals surface area contributed by atoms with Gasteiger partial charge in [0.1, 0.15) is 5.82 Å². The van der Waals surface area contributed by atoms with E-state index in [1.54, 1.807) is 12.1 Å². The largest absolute Gasteiger partial charge is 0.449 e. The lowest BCUT2D eigenvalue weighted by Crippen LogP contribution is -2.37. The number of rotatable bonds is 8. The number of ether oxygens (including phenoxy) is 1. The van der Waals surface area contributed by atoms with Crippen LogP contribution in [0.4, 0.5) is 4.39 Å². The number of nitrogens with one attached hydrogen (secondary N) is 1. The fraction of sp³-hybridized carbons (Fsp3) is 0.238. The van der Waals surface area contributed by atoms with Crippen LogP contribution in [0, 0.1) is 18.2 Å². The smallest absolute Gasteiger partial charge is 0.338 e. The maximum absolute atomic E-state index is 13.3. The van der Waals surface area contributed by atoms with Crippen LogP contribution in [0.15, 0.2) is 53.4 Å². The van der Waals surface area contributed by atoms with Gasteiger partial charge in [0.25, 0.3) is 5.91 Å². The van der Waals surface area contributed by atoms with Crippen molar-refractivity contribution in [2.45, 2.75) is 24.5 Å². The van der Waals surface area contributed by atoms with E-state index >= 15 is 0 Å². The Morgan fingerprint density at radius 2 is 1.90 bits per heavy atom. The van der Waals surface area contributed by atoms with Gasteiger partial charge in [0.15, 0.2) is 6.10 Å². The van der Waals surface area contributed by atoms with Gasteiger partial charge in [-0.05, 0) is 48.9 Å². The topological polar surface area (TPSA) is 92.8 Å². The number of likely N-dealkylation sites (N-methyl/N-ethyl adjacent to an activating group) is 1. The van der Waals surface area contributed by atoms with Crippen molar-refractivity contribution in [2.24, 2.45) is 0 Å². The van der Waals surface area contributed by atoms with E-state index in [2.05, 4.69) is 10.6 Å². The van der Waals surface area contributed by atoms with Gasteiger partial charge in [0.05, 0.1) is 17.0 Å². The molecule has 0 aliphatic carbocycles. The average molecular weight is 432 g/mol. The Labute approximate surface area is 174 Å². The number of halogens is 1.